The molecule has 2 amide bonds. The first-order valence-electron chi connectivity index (χ1n) is 4.90. The molecule has 0 aliphatic heterocycles. The number of methoxy groups -OCH3 is 1. The van der Waals surface area contributed by atoms with Crippen molar-refractivity contribution in [1.82, 2.24) is 10.2 Å². The second kappa shape index (κ2) is 5.67. The molecule has 15 heavy (non-hydrogen) atoms. The topological polar surface area (TPSA) is 78.9 Å². The zero-order chi connectivity index (χ0) is 11.3. The molecule has 0 atom stereocenters. The van der Waals surface area contributed by atoms with E-state index in [2.05, 4.69) is 10.1 Å². The Morgan fingerprint density at radius 3 is 2.67 bits per heavy atom. The highest BCUT2D eigenvalue weighted by Gasteiger charge is 2.30. The minimum absolute atomic E-state index is 0.0159. The SMILES string of the molecule is COC(=O)NC(=O)CN(CCO)C1CC1. The van der Waals surface area contributed by atoms with Gasteiger partial charge in [0.25, 0.3) is 0 Å². The van der Waals surface area contributed by atoms with Crippen LogP contribution in [0.5, 0.6) is 0 Å². The third-order valence-corrected chi connectivity index (χ3v) is 2.22. The van der Waals surface area contributed by atoms with Crippen LogP contribution in [0, 0.1) is 0 Å². The molecule has 0 spiro atoms. The normalized spacial score (nSPS) is 15.1. The Balaban J connectivity index is 2.30. The number of hydrogen-bond donors (Lipinski definition) is 2. The number of aliphatic hydroxyl groups is 1. The number of carbonyl (C=O) groups is 2. The fourth-order valence-electron chi connectivity index (χ4n) is 1.35. The summed E-state index contributed by atoms with van der Waals surface area (Å²) in [6, 6.07) is 0.376. The second-order valence-corrected chi connectivity index (χ2v) is 3.47. The number of alkyl carbamates (subject to hydrolysis) is 1. The van der Waals surface area contributed by atoms with Gasteiger partial charge in [0, 0.05) is 12.6 Å². The lowest BCUT2D eigenvalue weighted by molar-refractivity contribution is -0.121. The maximum Gasteiger partial charge on any atom is 0.413 e. The van der Waals surface area contributed by atoms with Gasteiger partial charge < -0.3 is 9.84 Å². The van der Waals surface area contributed by atoms with E-state index < -0.39 is 12.0 Å². The summed E-state index contributed by atoms with van der Waals surface area (Å²) in [6.45, 7) is 0.599. The highest BCUT2D eigenvalue weighted by molar-refractivity contribution is 5.92. The minimum Gasteiger partial charge on any atom is -0.453 e. The minimum atomic E-state index is -0.750. The predicted octanol–water partition coefficient (Wildman–Crippen LogP) is -0.674. The number of hydrogen-bond acceptors (Lipinski definition) is 5. The van der Waals surface area contributed by atoms with E-state index in [9.17, 15) is 9.59 Å². The molecule has 1 rings (SSSR count). The van der Waals surface area contributed by atoms with Crippen LogP contribution in [0.1, 0.15) is 12.8 Å². The number of aliphatic hydroxyl groups excluding tert-OH is 1. The maximum absolute atomic E-state index is 11.3. The Bertz CT molecular complexity index is 240. The van der Waals surface area contributed by atoms with Crippen LogP contribution < -0.4 is 5.32 Å². The van der Waals surface area contributed by atoms with Gasteiger partial charge in [-0.1, -0.05) is 0 Å². The van der Waals surface area contributed by atoms with Crippen molar-refractivity contribution >= 4 is 12.0 Å². The van der Waals surface area contributed by atoms with Gasteiger partial charge in [-0.05, 0) is 12.8 Å². The largest absolute Gasteiger partial charge is 0.453 e. The average Bonchev–Trinajstić information content (AvgIpc) is 3.00. The highest BCUT2D eigenvalue weighted by atomic mass is 16.5. The van der Waals surface area contributed by atoms with Crippen LogP contribution in [-0.2, 0) is 9.53 Å². The van der Waals surface area contributed by atoms with Crippen molar-refractivity contribution in [3.05, 3.63) is 0 Å². The van der Waals surface area contributed by atoms with Gasteiger partial charge in [-0.15, -0.1) is 0 Å². The number of rotatable bonds is 5. The van der Waals surface area contributed by atoms with E-state index >= 15 is 0 Å². The van der Waals surface area contributed by atoms with Crippen LogP contribution in [0.2, 0.25) is 0 Å². The molecular weight excluding hydrogens is 200 g/mol. The summed E-state index contributed by atoms with van der Waals surface area (Å²) < 4.78 is 4.30. The van der Waals surface area contributed by atoms with Crippen LogP contribution in [0.4, 0.5) is 4.79 Å². The predicted molar refractivity (Wildman–Crippen MR) is 52.2 cm³/mol. The molecule has 86 valence electrons. The average molecular weight is 216 g/mol. The quantitative estimate of drug-likeness (QED) is 0.637. The Morgan fingerprint density at radius 1 is 1.53 bits per heavy atom. The highest BCUT2D eigenvalue weighted by Crippen LogP contribution is 2.25. The van der Waals surface area contributed by atoms with Crippen molar-refractivity contribution in [3.8, 4) is 0 Å². The Kier molecular flexibility index (Phi) is 4.51. The Hall–Kier alpha value is -1.14. The summed E-state index contributed by atoms with van der Waals surface area (Å²) in [6.07, 6.45) is 1.34. The number of carbonyl (C=O) groups excluding carboxylic acids is 2. The Morgan fingerprint density at radius 2 is 2.20 bits per heavy atom. The number of nitrogens with one attached hydrogen (secondary N) is 1. The molecule has 1 aliphatic carbocycles. The number of amides is 2. The van der Waals surface area contributed by atoms with Crippen LogP contribution in [0.3, 0.4) is 0 Å². The van der Waals surface area contributed by atoms with Crippen molar-refractivity contribution < 1.29 is 19.4 Å². The molecule has 6 nitrogen and oxygen atoms in total. The van der Waals surface area contributed by atoms with E-state index in [-0.39, 0.29) is 13.2 Å². The zero-order valence-electron chi connectivity index (χ0n) is 8.73. The van der Waals surface area contributed by atoms with E-state index in [1.165, 1.54) is 7.11 Å². The smallest absolute Gasteiger partial charge is 0.413 e. The van der Waals surface area contributed by atoms with Gasteiger partial charge in [-0.3, -0.25) is 15.0 Å². The Labute approximate surface area is 88.2 Å². The zero-order valence-corrected chi connectivity index (χ0v) is 8.73. The molecule has 0 aromatic heterocycles. The second-order valence-electron chi connectivity index (χ2n) is 3.47. The molecule has 1 saturated carbocycles. The van der Waals surface area contributed by atoms with Gasteiger partial charge in [0.1, 0.15) is 0 Å². The van der Waals surface area contributed by atoms with Gasteiger partial charge in [0.05, 0.1) is 20.3 Å². The summed E-state index contributed by atoms with van der Waals surface area (Å²) in [5.41, 5.74) is 0. The third kappa shape index (κ3) is 4.26. The van der Waals surface area contributed by atoms with E-state index in [0.717, 1.165) is 12.8 Å². The molecule has 0 saturated heterocycles. The summed E-state index contributed by atoms with van der Waals surface area (Å²) in [5.74, 6) is -0.401. The lowest BCUT2D eigenvalue weighted by Crippen LogP contribution is -2.41. The van der Waals surface area contributed by atoms with Gasteiger partial charge in [-0.25, -0.2) is 4.79 Å². The first kappa shape index (κ1) is 11.9. The fraction of sp³-hybridized carbons (Fsp3) is 0.778. The van der Waals surface area contributed by atoms with Crippen molar-refractivity contribution in [3.63, 3.8) is 0 Å². The molecule has 1 fully saturated rings. The van der Waals surface area contributed by atoms with Crippen LogP contribution in [0.15, 0.2) is 0 Å². The van der Waals surface area contributed by atoms with Gasteiger partial charge in [0.2, 0.25) is 5.91 Å². The number of imide groups is 1. The number of nitrogens with zero attached hydrogens (tertiary/aromatic N) is 1. The lowest BCUT2D eigenvalue weighted by Gasteiger charge is -2.19. The van der Waals surface area contributed by atoms with Gasteiger partial charge >= 0.3 is 6.09 Å². The standard InChI is InChI=1S/C9H16N2O4/c1-15-9(14)10-8(13)6-11(4-5-12)7-2-3-7/h7,12H,2-6H2,1H3,(H,10,13,14). The molecule has 6 heteroatoms. The molecule has 0 aromatic rings. The van der Waals surface area contributed by atoms with E-state index in [1.807, 2.05) is 4.90 Å². The summed E-state index contributed by atoms with van der Waals surface area (Å²) >= 11 is 0. The molecule has 0 heterocycles. The monoisotopic (exact) mass is 216 g/mol. The molecule has 0 aromatic carbocycles. The van der Waals surface area contributed by atoms with Crippen molar-refractivity contribution in [2.45, 2.75) is 18.9 Å². The van der Waals surface area contributed by atoms with Crippen LogP contribution in [-0.4, -0.2) is 54.9 Å². The maximum atomic E-state index is 11.3. The fourth-order valence-corrected chi connectivity index (χ4v) is 1.35. The van der Waals surface area contributed by atoms with Crippen molar-refractivity contribution in [1.29, 1.82) is 0 Å². The van der Waals surface area contributed by atoms with Crippen molar-refractivity contribution in [2.75, 3.05) is 26.8 Å². The van der Waals surface area contributed by atoms with Crippen LogP contribution >= 0.6 is 0 Å². The van der Waals surface area contributed by atoms with E-state index in [0.29, 0.717) is 12.6 Å². The molecular formula is C9H16N2O4. The molecule has 0 radical (unpaired) electrons. The summed E-state index contributed by atoms with van der Waals surface area (Å²) in [7, 11) is 1.20. The van der Waals surface area contributed by atoms with Gasteiger partial charge in [0.15, 0.2) is 0 Å². The van der Waals surface area contributed by atoms with E-state index in [1.54, 1.807) is 0 Å². The van der Waals surface area contributed by atoms with E-state index in [4.69, 9.17) is 5.11 Å². The molecule has 0 bridgehead atoms. The van der Waals surface area contributed by atoms with Gasteiger partial charge in [-0.2, -0.15) is 0 Å². The van der Waals surface area contributed by atoms with Crippen LogP contribution in [0.25, 0.3) is 0 Å². The third-order valence-electron chi connectivity index (χ3n) is 2.22. The van der Waals surface area contributed by atoms with Crippen molar-refractivity contribution in [2.24, 2.45) is 0 Å². The first-order chi connectivity index (χ1) is 7.17. The first-order valence-corrected chi connectivity index (χ1v) is 4.90. The number of ether oxygens (including phenoxy) is 1. The lowest BCUT2D eigenvalue weighted by atomic mass is 10.4. The molecule has 1 aliphatic rings. The molecule has 2 N–H and O–H groups in total. The molecule has 0 unspecified atom stereocenters. The summed E-state index contributed by atoms with van der Waals surface area (Å²) in [5, 5.41) is 10.9. The summed E-state index contributed by atoms with van der Waals surface area (Å²) in [4.78, 5) is 23.9.